The van der Waals surface area contributed by atoms with Gasteiger partial charge in [0.05, 0.1) is 6.61 Å². The molecule has 2 nitrogen and oxygen atoms in total. The van der Waals surface area contributed by atoms with Crippen LogP contribution in [0.2, 0.25) is 0 Å². The maximum absolute atomic E-state index is 5.05. The summed E-state index contributed by atoms with van der Waals surface area (Å²) in [6.45, 7) is 7.32. The Morgan fingerprint density at radius 2 is 2.12 bits per heavy atom. The smallest absolute Gasteiger partial charge is 0.0587 e. The van der Waals surface area contributed by atoms with Gasteiger partial charge in [-0.1, -0.05) is 19.9 Å². The lowest BCUT2D eigenvalue weighted by atomic mass is 9.81. The molecule has 0 amide bonds. The second kappa shape index (κ2) is 7.05. The van der Waals surface area contributed by atoms with Crippen LogP contribution >= 0.6 is 11.3 Å². The van der Waals surface area contributed by atoms with Gasteiger partial charge in [-0.25, -0.2) is 0 Å². The first-order valence-corrected chi connectivity index (χ1v) is 6.90. The summed E-state index contributed by atoms with van der Waals surface area (Å²) in [4.78, 5) is 1.50. The van der Waals surface area contributed by atoms with Crippen LogP contribution in [0.15, 0.2) is 17.5 Å². The third kappa shape index (κ3) is 3.30. The maximum Gasteiger partial charge on any atom is 0.0587 e. The fraction of sp³-hybridized carbons (Fsp3) is 0.692. The standard InChI is InChI=1S/C13H23NOS/c1-4-13(5-2,11-14-8-9-15-3)12-7-6-10-16-12/h6-7,10,14H,4-5,8-9,11H2,1-3H3. The number of thiophene rings is 1. The zero-order valence-corrected chi connectivity index (χ0v) is 11.4. The lowest BCUT2D eigenvalue weighted by Crippen LogP contribution is -2.38. The molecule has 1 aromatic rings. The first-order chi connectivity index (χ1) is 7.79. The molecule has 0 radical (unpaired) electrons. The van der Waals surface area contributed by atoms with Gasteiger partial charge in [0.1, 0.15) is 0 Å². The molecule has 16 heavy (non-hydrogen) atoms. The van der Waals surface area contributed by atoms with Crippen molar-refractivity contribution in [2.24, 2.45) is 0 Å². The topological polar surface area (TPSA) is 21.3 Å². The van der Waals surface area contributed by atoms with Gasteiger partial charge in [-0.05, 0) is 24.3 Å². The van der Waals surface area contributed by atoms with E-state index >= 15 is 0 Å². The van der Waals surface area contributed by atoms with Gasteiger partial charge >= 0.3 is 0 Å². The summed E-state index contributed by atoms with van der Waals surface area (Å²) >= 11 is 1.87. The number of hydrogen-bond acceptors (Lipinski definition) is 3. The second-order valence-corrected chi connectivity index (χ2v) is 5.08. The normalized spacial score (nSPS) is 11.9. The van der Waals surface area contributed by atoms with E-state index in [0.717, 1.165) is 19.7 Å². The minimum absolute atomic E-state index is 0.307. The highest BCUT2D eigenvalue weighted by Crippen LogP contribution is 2.34. The third-order valence-corrected chi connectivity index (χ3v) is 4.46. The highest BCUT2D eigenvalue weighted by atomic mass is 32.1. The number of methoxy groups -OCH3 is 1. The van der Waals surface area contributed by atoms with Crippen LogP contribution in [0, 0.1) is 0 Å². The molecular weight excluding hydrogens is 218 g/mol. The highest BCUT2D eigenvalue weighted by Gasteiger charge is 2.28. The van der Waals surface area contributed by atoms with Gasteiger partial charge in [-0.2, -0.15) is 0 Å². The summed E-state index contributed by atoms with van der Waals surface area (Å²) < 4.78 is 5.05. The first kappa shape index (κ1) is 13.7. The van der Waals surface area contributed by atoms with Crippen LogP contribution in [0.3, 0.4) is 0 Å². The molecule has 0 fully saturated rings. The number of rotatable bonds is 8. The molecule has 3 heteroatoms. The maximum atomic E-state index is 5.05. The largest absolute Gasteiger partial charge is 0.383 e. The van der Waals surface area contributed by atoms with Crippen LogP contribution < -0.4 is 5.32 Å². The van der Waals surface area contributed by atoms with Crippen LogP contribution in [-0.4, -0.2) is 26.8 Å². The molecule has 0 aliphatic rings. The quantitative estimate of drug-likeness (QED) is 0.706. The van der Waals surface area contributed by atoms with Gasteiger partial charge < -0.3 is 10.1 Å². The molecule has 0 saturated heterocycles. The van der Waals surface area contributed by atoms with E-state index in [0.29, 0.717) is 5.41 Å². The summed E-state index contributed by atoms with van der Waals surface area (Å²) in [7, 11) is 1.74. The number of hydrogen-bond donors (Lipinski definition) is 1. The molecule has 0 atom stereocenters. The van der Waals surface area contributed by atoms with Crippen molar-refractivity contribution in [1.82, 2.24) is 5.32 Å². The Bertz CT molecular complexity index is 267. The summed E-state index contributed by atoms with van der Waals surface area (Å²) in [5.74, 6) is 0. The summed E-state index contributed by atoms with van der Waals surface area (Å²) in [5, 5.41) is 5.67. The molecule has 1 aromatic heterocycles. The van der Waals surface area contributed by atoms with Crippen molar-refractivity contribution in [2.45, 2.75) is 32.1 Å². The summed E-state index contributed by atoms with van der Waals surface area (Å²) in [5.41, 5.74) is 0.307. The predicted molar refractivity (Wildman–Crippen MR) is 71.3 cm³/mol. The van der Waals surface area contributed by atoms with Crippen molar-refractivity contribution in [3.63, 3.8) is 0 Å². The Kier molecular flexibility index (Phi) is 6.03. The number of nitrogens with one attached hydrogen (secondary N) is 1. The zero-order valence-electron chi connectivity index (χ0n) is 10.6. The Morgan fingerprint density at radius 3 is 2.62 bits per heavy atom. The van der Waals surface area contributed by atoms with Crippen LogP contribution in [0.5, 0.6) is 0 Å². The predicted octanol–water partition coefficient (Wildman–Crippen LogP) is 3.04. The van der Waals surface area contributed by atoms with Crippen molar-refractivity contribution in [2.75, 3.05) is 26.8 Å². The zero-order chi connectivity index (χ0) is 11.9. The molecule has 1 heterocycles. The van der Waals surface area contributed by atoms with Gasteiger partial charge in [0.25, 0.3) is 0 Å². The van der Waals surface area contributed by atoms with E-state index in [1.165, 1.54) is 17.7 Å². The van der Waals surface area contributed by atoms with Gasteiger partial charge in [0.15, 0.2) is 0 Å². The minimum Gasteiger partial charge on any atom is -0.383 e. The molecule has 1 N–H and O–H groups in total. The van der Waals surface area contributed by atoms with E-state index < -0.39 is 0 Å². The lowest BCUT2D eigenvalue weighted by molar-refractivity contribution is 0.196. The fourth-order valence-electron chi connectivity index (χ4n) is 2.02. The molecule has 0 saturated carbocycles. The van der Waals surface area contributed by atoms with E-state index in [1.54, 1.807) is 7.11 Å². The average molecular weight is 241 g/mol. The lowest BCUT2D eigenvalue weighted by Gasteiger charge is -2.31. The molecule has 0 spiro atoms. The molecule has 0 aliphatic carbocycles. The van der Waals surface area contributed by atoms with E-state index in [9.17, 15) is 0 Å². The molecule has 0 bridgehead atoms. The van der Waals surface area contributed by atoms with Crippen LogP contribution in [0.25, 0.3) is 0 Å². The van der Waals surface area contributed by atoms with Crippen LogP contribution in [0.4, 0.5) is 0 Å². The molecule has 1 rings (SSSR count). The van der Waals surface area contributed by atoms with Gasteiger partial charge in [0, 0.05) is 30.5 Å². The van der Waals surface area contributed by atoms with Crippen molar-refractivity contribution in [3.05, 3.63) is 22.4 Å². The Hall–Kier alpha value is -0.380. The molecule has 0 aromatic carbocycles. The Labute approximate surface area is 103 Å². The minimum atomic E-state index is 0.307. The Balaban J connectivity index is 2.58. The van der Waals surface area contributed by atoms with Crippen molar-refractivity contribution in [1.29, 1.82) is 0 Å². The van der Waals surface area contributed by atoms with Crippen molar-refractivity contribution < 1.29 is 4.74 Å². The van der Waals surface area contributed by atoms with Gasteiger partial charge in [-0.15, -0.1) is 11.3 Å². The second-order valence-electron chi connectivity index (χ2n) is 4.13. The SMILES string of the molecule is CCC(CC)(CNCCOC)c1cccs1. The van der Waals surface area contributed by atoms with Crippen molar-refractivity contribution in [3.8, 4) is 0 Å². The number of ether oxygens (including phenoxy) is 1. The van der Waals surface area contributed by atoms with E-state index in [1.807, 2.05) is 11.3 Å². The monoisotopic (exact) mass is 241 g/mol. The molecule has 0 aliphatic heterocycles. The molecule has 0 unspecified atom stereocenters. The highest BCUT2D eigenvalue weighted by molar-refractivity contribution is 7.10. The molecule has 92 valence electrons. The average Bonchev–Trinajstić information content (AvgIpc) is 2.84. The van der Waals surface area contributed by atoms with E-state index in [-0.39, 0.29) is 0 Å². The third-order valence-electron chi connectivity index (χ3n) is 3.34. The van der Waals surface area contributed by atoms with Gasteiger partial charge in [0.2, 0.25) is 0 Å². The van der Waals surface area contributed by atoms with Crippen LogP contribution in [0.1, 0.15) is 31.6 Å². The van der Waals surface area contributed by atoms with Crippen LogP contribution in [-0.2, 0) is 10.2 Å². The van der Waals surface area contributed by atoms with E-state index in [2.05, 4.69) is 36.7 Å². The fourth-order valence-corrected chi connectivity index (χ4v) is 3.09. The summed E-state index contributed by atoms with van der Waals surface area (Å²) in [6.07, 6.45) is 2.37. The summed E-state index contributed by atoms with van der Waals surface area (Å²) in [6, 6.07) is 4.41. The van der Waals surface area contributed by atoms with Gasteiger partial charge in [-0.3, -0.25) is 0 Å². The van der Waals surface area contributed by atoms with Crippen molar-refractivity contribution >= 4 is 11.3 Å². The Morgan fingerprint density at radius 1 is 1.38 bits per heavy atom. The molecular formula is C13H23NOS. The van der Waals surface area contributed by atoms with E-state index in [4.69, 9.17) is 4.74 Å². The first-order valence-electron chi connectivity index (χ1n) is 6.02.